The molecule has 3 rings (SSSR count). The third-order valence-corrected chi connectivity index (χ3v) is 4.77. The van der Waals surface area contributed by atoms with Crippen LogP contribution in [0.25, 0.3) is 0 Å². The molecule has 0 radical (unpaired) electrons. The van der Waals surface area contributed by atoms with Crippen LogP contribution in [0.1, 0.15) is 22.8 Å². The van der Waals surface area contributed by atoms with Crippen molar-refractivity contribution in [2.24, 2.45) is 0 Å². The first-order chi connectivity index (χ1) is 13.0. The summed E-state index contributed by atoms with van der Waals surface area (Å²) in [6.07, 6.45) is 0. The molecule has 142 valence electrons. The summed E-state index contributed by atoms with van der Waals surface area (Å²) in [5.74, 6) is 0.398. The van der Waals surface area contributed by atoms with E-state index < -0.39 is 5.97 Å². The zero-order valence-electron chi connectivity index (χ0n) is 14.5. The lowest BCUT2D eigenvalue weighted by molar-refractivity contribution is -0.134. The van der Waals surface area contributed by atoms with Crippen molar-refractivity contribution < 1.29 is 23.8 Å². The number of ether oxygens (including phenoxy) is 3. The predicted octanol–water partition coefficient (Wildman–Crippen LogP) is 3.93. The quantitative estimate of drug-likeness (QED) is 0.676. The maximum Gasteiger partial charge on any atom is 0.338 e. The molecule has 1 amide bonds. The molecule has 6 nitrogen and oxygen atoms in total. The molecule has 8 heteroatoms. The molecule has 0 spiro atoms. The van der Waals surface area contributed by atoms with E-state index >= 15 is 0 Å². The number of likely N-dealkylation sites (N-methyl/N-ethyl adjacent to an activating group) is 1. The van der Waals surface area contributed by atoms with Gasteiger partial charge in [-0.3, -0.25) is 4.79 Å². The van der Waals surface area contributed by atoms with Gasteiger partial charge in [-0.25, -0.2) is 4.79 Å². The van der Waals surface area contributed by atoms with Gasteiger partial charge in [0.2, 0.25) is 6.79 Å². The summed E-state index contributed by atoms with van der Waals surface area (Å²) < 4.78 is 15.7. The minimum Gasteiger partial charge on any atom is -0.454 e. The number of hydrogen-bond donors (Lipinski definition) is 0. The van der Waals surface area contributed by atoms with Crippen molar-refractivity contribution in [1.82, 2.24) is 4.90 Å². The number of carbonyl (C=O) groups is 2. The monoisotopic (exact) mass is 409 g/mol. The highest BCUT2D eigenvalue weighted by atomic mass is 35.5. The fourth-order valence-corrected chi connectivity index (χ4v) is 2.86. The van der Waals surface area contributed by atoms with Gasteiger partial charge in [-0.15, -0.1) is 0 Å². The minimum absolute atomic E-state index is 0.194. The summed E-state index contributed by atoms with van der Waals surface area (Å²) in [6, 6.07) is 9.90. The number of esters is 1. The van der Waals surface area contributed by atoms with Crippen LogP contribution in [0.4, 0.5) is 0 Å². The third-order valence-electron chi connectivity index (χ3n) is 4.03. The molecule has 0 atom stereocenters. The van der Waals surface area contributed by atoms with E-state index in [0.717, 1.165) is 5.56 Å². The smallest absolute Gasteiger partial charge is 0.338 e. The SMILES string of the molecule is CCN(Cc1ccc2c(c1)OCO2)C(=O)COC(=O)c1ccc(Cl)c(Cl)c1. The zero-order chi connectivity index (χ0) is 19.4. The summed E-state index contributed by atoms with van der Waals surface area (Å²) in [5.41, 5.74) is 1.13. The number of nitrogens with zero attached hydrogens (tertiary/aromatic N) is 1. The molecule has 0 fully saturated rings. The van der Waals surface area contributed by atoms with Gasteiger partial charge in [-0.2, -0.15) is 0 Å². The Kier molecular flexibility index (Phi) is 6.08. The van der Waals surface area contributed by atoms with Crippen molar-refractivity contribution in [2.75, 3.05) is 19.9 Å². The highest BCUT2D eigenvalue weighted by Gasteiger charge is 2.18. The van der Waals surface area contributed by atoms with Gasteiger partial charge in [0, 0.05) is 13.1 Å². The van der Waals surface area contributed by atoms with Crippen LogP contribution in [0.15, 0.2) is 36.4 Å². The second-order valence-corrected chi connectivity index (χ2v) is 6.61. The molecule has 0 saturated heterocycles. The number of amides is 1. The highest BCUT2D eigenvalue weighted by molar-refractivity contribution is 6.42. The standard InChI is InChI=1S/C19H17Cl2NO5/c1-2-22(9-12-3-6-16-17(7-12)27-11-26-16)18(23)10-25-19(24)13-4-5-14(20)15(21)8-13/h3-8H,2,9-11H2,1H3. The summed E-state index contributed by atoms with van der Waals surface area (Å²) in [7, 11) is 0. The second kappa shape index (κ2) is 8.50. The molecular formula is C19H17Cl2NO5. The number of benzene rings is 2. The average molecular weight is 410 g/mol. The minimum atomic E-state index is -0.638. The van der Waals surface area contributed by atoms with Crippen LogP contribution in [-0.2, 0) is 16.1 Å². The Hall–Kier alpha value is -2.44. The van der Waals surface area contributed by atoms with Crippen molar-refractivity contribution in [3.05, 3.63) is 57.6 Å². The summed E-state index contributed by atoms with van der Waals surface area (Å²) in [4.78, 5) is 26.1. The van der Waals surface area contributed by atoms with E-state index in [9.17, 15) is 9.59 Å². The van der Waals surface area contributed by atoms with Crippen molar-refractivity contribution >= 4 is 35.1 Å². The second-order valence-electron chi connectivity index (χ2n) is 5.80. The highest BCUT2D eigenvalue weighted by Crippen LogP contribution is 2.32. The fourth-order valence-electron chi connectivity index (χ4n) is 2.56. The maximum absolute atomic E-state index is 12.4. The van der Waals surface area contributed by atoms with Crippen molar-refractivity contribution in [2.45, 2.75) is 13.5 Å². The van der Waals surface area contributed by atoms with E-state index in [1.54, 1.807) is 11.0 Å². The molecule has 0 bridgehead atoms. The Morgan fingerprint density at radius 3 is 2.59 bits per heavy atom. The van der Waals surface area contributed by atoms with Crippen LogP contribution in [-0.4, -0.2) is 36.7 Å². The van der Waals surface area contributed by atoms with Crippen LogP contribution in [0.5, 0.6) is 11.5 Å². The topological polar surface area (TPSA) is 65.1 Å². The van der Waals surface area contributed by atoms with Gasteiger partial charge >= 0.3 is 5.97 Å². The van der Waals surface area contributed by atoms with E-state index in [0.29, 0.717) is 29.6 Å². The van der Waals surface area contributed by atoms with Gasteiger partial charge in [0.05, 0.1) is 15.6 Å². The van der Waals surface area contributed by atoms with Crippen molar-refractivity contribution in [1.29, 1.82) is 0 Å². The van der Waals surface area contributed by atoms with Gasteiger partial charge < -0.3 is 19.1 Å². The van der Waals surface area contributed by atoms with Crippen LogP contribution >= 0.6 is 23.2 Å². The molecule has 1 heterocycles. The molecule has 27 heavy (non-hydrogen) atoms. The van der Waals surface area contributed by atoms with E-state index in [-0.39, 0.29) is 29.9 Å². The summed E-state index contributed by atoms with van der Waals surface area (Å²) in [5, 5.41) is 0.584. The van der Waals surface area contributed by atoms with Gasteiger partial charge in [-0.1, -0.05) is 29.3 Å². The lowest BCUT2D eigenvalue weighted by Crippen LogP contribution is -2.34. The molecule has 0 saturated carbocycles. The van der Waals surface area contributed by atoms with Gasteiger partial charge in [0.1, 0.15) is 0 Å². The molecule has 1 aliphatic heterocycles. The van der Waals surface area contributed by atoms with E-state index in [4.69, 9.17) is 37.4 Å². The normalized spacial score (nSPS) is 12.0. The number of halogens is 2. The Balaban J connectivity index is 1.58. The molecule has 1 aliphatic rings. The van der Waals surface area contributed by atoms with E-state index in [1.807, 2.05) is 19.1 Å². The third kappa shape index (κ3) is 4.64. The molecule has 0 unspecified atom stereocenters. The molecule has 0 aliphatic carbocycles. The van der Waals surface area contributed by atoms with Gasteiger partial charge in [-0.05, 0) is 42.8 Å². The van der Waals surface area contributed by atoms with Gasteiger partial charge in [0.25, 0.3) is 5.91 Å². The Labute approximate surface area is 166 Å². The first-order valence-corrected chi connectivity index (χ1v) is 9.02. The number of rotatable bonds is 6. The summed E-state index contributed by atoms with van der Waals surface area (Å²) in [6.45, 7) is 2.52. The predicted molar refractivity (Wildman–Crippen MR) is 100 cm³/mol. The molecule has 0 N–H and O–H groups in total. The Bertz CT molecular complexity index is 871. The zero-order valence-corrected chi connectivity index (χ0v) is 16.0. The van der Waals surface area contributed by atoms with Crippen LogP contribution < -0.4 is 9.47 Å². The first kappa shape index (κ1) is 19.3. The average Bonchev–Trinajstić information content (AvgIpc) is 3.13. The van der Waals surface area contributed by atoms with E-state index in [1.165, 1.54) is 18.2 Å². The summed E-state index contributed by atoms with van der Waals surface area (Å²) >= 11 is 11.7. The number of fused-ring (bicyclic) bond motifs is 1. The number of carbonyl (C=O) groups excluding carboxylic acids is 2. The molecular weight excluding hydrogens is 393 g/mol. The largest absolute Gasteiger partial charge is 0.454 e. The Morgan fingerprint density at radius 1 is 1.07 bits per heavy atom. The van der Waals surface area contributed by atoms with Crippen molar-refractivity contribution in [3.63, 3.8) is 0 Å². The van der Waals surface area contributed by atoms with Crippen LogP contribution in [0.2, 0.25) is 10.0 Å². The van der Waals surface area contributed by atoms with E-state index in [2.05, 4.69) is 0 Å². The maximum atomic E-state index is 12.4. The molecule has 2 aromatic rings. The lowest BCUT2D eigenvalue weighted by Gasteiger charge is -2.21. The van der Waals surface area contributed by atoms with Crippen LogP contribution in [0.3, 0.4) is 0 Å². The first-order valence-electron chi connectivity index (χ1n) is 8.26. The van der Waals surface area contributed by atoms with Gasteiger partial charge in [0.15, 0.2) is 18.1 Å². The molecule has 0 aromatic heterocycles. The number of hydrogen-bond acceptors (Lipinski definition) is 5. The van der Waals surface area contributed by atoms with Crippen molar-refractivity contribution in [3.8, 4) is 11.5 Å². The van der Waals surface area contributed by atoms with Crippen LogP contribution in [0, 0.1) is 0 Å². The Morgan fingerprint density at radius 2 is 1.85 bits per heavy atom. The lowest BCUT2D eigenvalue weighted by atomic mass is 10.2. The molecule has 2 aromatic carbocycles. The fraction of sp³-hybridized carbons (Fsp3) is 0.263.